The molecule has 0 bridgehead atoms. The fourth-order valence-electron chi connectivity index (χ4n) is 2.27. The third-order valence-corrected chi connectivity index (χ3v) is 5.09. The summed E-state index contributed by atoms with van der Waals surface area (Å²) in [5.41, 5.74) is 0.860. The molecule has 3 aromatic rings. The number of rotatable bonds is 7. The molecule has 1 amide bonds. The normalized spacial score (nSPS) is 10.8. The maximum atomic E-state index is 12.0. The van der Waals surface area contributed by atoms with Crippen molar-refractivity contribution >= 4 is 45.6 Å². The maximum absolute atomic E-state index is 12.0. The van der Waals surface area contributed by atoms with Gasteiger partial charge in [0.1, 0.15) is 6.54 Å². The van der Waals surface area contributed by atoms with Gasteiger partial charge in [0.25, 0.3) is 5.91 Å². The van der Waals surface area contributed by atoms with Crippen LogP contribution in [-0.4, -0.2) is 17.4 Å². The molecule has 0 atom stereocenters. The molecule has 5 nitrogen and oxygen atoms in total. The molecule has 0 spiro atoms. The van der Waals surface area contributed by atoms with E-state index in [0.717, 1.165) is 16.2 Å². The summed E-state index contributed by atoms with van der Waals surface area (Å²) in [6.07, 6.45) is 3.93. The first-order valence-corrected chi connectivity index (χ1v) is 9.20. The molecule has 2 heterocycles. The largest absolute Gasteiger partial charge is 0.463 e. The van der Waals surface area contributed by atoms with Gasteiger partial charge in [-0.15, -0.1) is 11.3 Å². The minimum atomic E-state index is -0.108. The molecule has 25 heavy (non-hydrogen) atoms. The van der Waals surface area contributed by atoms with E-state index < -0.39 is 0 Å². The van der Waals surface area contributed by atoms with Gasteiger partial charge in [-0.05, 0) is 29.8 Å². The Morgan fingerprint density at radius 2 is 2.04 bits per heavy atom. The molecule has 8 heteroatoms. The van der Waals surface area contributed by atoms with E-state index >= 15 is 0 Å². The summed E-state index contributed by atoms with van der Waals surface area (Å²) < 4.78 is 5.22. The summed E-state index contributed by atoms with van der Waals surface area (Å²) in [6, 6.07) is 9.13. The maximum Gasteiger partial charge on any atom is 0.281 e. The number of hydrogen-bond acceptors (Lipinski definition) is 4. The molecule has 3 N–H and O–H groups in total. The number of amides is 1. The van der Waals surface area contributed by atoms with E-state index in [2.05, 4.69) is 10.3 Å². The number of carbonyl (C=O) groups is 1. The number of quaternary nitrogens is 1. The third-order valence-electron chi connectivity index (χ3n) is 3.47. The molecule has 0 unspecified atom stereocenters. The summed E-state index contributed by atoms with van der Waals surface area (Å²) >= 11 is 13.8. The van der Waals surface area contributed by atoms with Crippen molar-refractivity contribution in [3.8, 4) is 0 Å². The van der Waals surface area contributed by atoms with Crippen LogP contribution in [0.3, 0.4) is 0 Å². The zero-order valence-electron chi connectivity index (χ0n) is 13.2. The second-order valence-electron chi connectivity index (χ2n) is 5.33. The monoisotopic (exact) mass is 396 g/mol. The summed E-state index contributed by atoms with van der Waals surface area (Å²) in [5, 5.41) is 6.48. The number of carbonyl (C=O) groups excluding carboxylic acids is 1. The number of thiazole rings is 1. The molecule has 1 aromatic carbocycles. The average molecular weight is 397 g/mol. The molecular formula is C17H16Cl2N3O2S+. The van der Waals surface area contributed by atoms with Crippen LogP contribution in [0, 0.1) is 0 Å². The molecular weight excluding hydrogens is 381 g/mol. The lowest BCUT2D eigenvalue weighted by Gasteiger charge is -2.04. The Kier molecular flexibility index (Phi) is 6.09. The van der Waals surface area contributed by atoms with Gasteiger partial charge in [-0.3, -0.25) is 10.1 Å². The van der Waals surface area contributed by atoms with E-state index in [9.17, 15) is 4.79 Å². The number of furan rings is 1. The number of nitrogens with zero attached hydrogens (tertiary/aromatic N) is 1. The standard InChI is InChI=1S/C17H15Cl2N3O2S/c18-14-4-1-5-15(19)13(14)7-12-9-21-17(25-12)22-16(23)10-20-8-11-3-2-6-24-11/h1-6,9,20H,7-8,10H2,(H,21,22,23)/p+1. The number of halogens is 2. The van der Waals surface area contributed by atoms with E-state index in [1.807, 2.05) is 23.5 Å². The van der Waals surface area contributed by atoms with Crippen molar-refractivity contribution in [1.82, 2.24) is 4.98 Å². The lowest BCUT2D eigenvalue weighted by atomic mass is 10.1. The van der Waals surface area contributed by atoms with Gasteiger partial charge in [0.05, 0.1) is 6.26 Å². The second-order valence-corrected chi connectivity index (χ2v) is 7.26. The Balaban J connectivity index is 1.52. The van der Waals surface area contributed by atoms with Crippen molar-refractivity contribution in [1.29, 1.82) is 0 Å². The van der Waals surface area contributed by atoms with Gasteiger partial charge in [-0.25, -0.2) is 4.98 Å². The topological polar surface area (TPSA) is 71.7 Å². The van der Waals surface area contributed by atoms with E-state index in [-0.39, 0.29) is 5.91 Å². The number of hydrogen-bond donors (Lipinski definition) is 2. The summed E-state index contributed by atoms with van der Waals surface area (Å²) in [6.45, 7) is 0.917. The van der Waals surface area contributed by atoms with Crippen molar-refractivity contribution in [2.45, 2.75) is 13.0 Å². The Morgan fingerprint density at radius 3 is 2.76 bits per heavy atom. The molecule has 0 aliphatic heterocycles. The molecule has 0 aliphatic rings. The first kappa shape index (κ1) is 17.9. The highest BCUT2D eigenvalue weighted by molar-refractivity contribution is 7.15. The molecule has 0 aliphatic carbocycles. The molecule has 0 saturated heterocycles. The van der Waals surface area contributed by atoms with Crippen LogP contribution < -0.4 is 10.6 Å². The lowest BCUT2D eigenvalue weighted by molar-refractivity contribution is -0.661. The predicted octanol–water partition coefficient (Wildman–Crippen LogP) is 3.34. The first-order valence-electron chi connectivity index (χ1n) is 7.63. The molecule has 3 rings (SSSR count). The van der Waals surface area contributed by atoms with Crippen LogP contribution in [0.15, 0.2) is 47.2 Å². The summed E-state index contributed by atoms with van der Waals surface area (Å²) in [5.74, 6) is 0.726. The fraction of sp³-hybridized carbons (Fsp3) is 0.176. The molecule has 0 saturated carbocycles. The Labute approximate surface area is 159 Å². The molecule has 0 radical (unpaired) electrons. The van der Waals surface area contributed by atoms with Gasteiger partial charge in [0.15, 0.2) is 17.4 Å². The Morgan fingerprint density at radius 1 is 1.24 bits per heavy atom. The van der Waals surface area contributed by atoms with E-state index in [1.165, 1.54) is 11.3 Å². The van der Waals surface area contributed by atoms with Gasteiger partial charge >= 0.3 is 0 Å². The SMILES string of the molecule is O=C(C[NH2+]Cc1ccco1)Nc1ncc(Cc2c(Cl)cccc2Cl)s1. The average Bonchev–Trinajstić information content (AvgIpc) is 3.23. The van der Waals surface area contributed by atoms with Crippen molar-refractivity contribution in [2.24, 2.45) is 0 Å². The van der Waals surface area contributed by atoms with Crippen molar-refractivity contribution in [3.63, 3.8) is 0 Å². The summed E-state index contributed by atoms with van der Waals surface area (Å²) in [4.78, 5) is 17.2. The fourth-order valence-corrected chi connectivity index (χ4v) is 3.64. The third kappa shape index (κ3) is 5.06. The van der Waals surface area contributed by atoms with Crippen LogP contribution in [-0.2, 0) is 17.8 Å². The van der Waals surface area contributed by atoms with Crippen LogP contribution in [0.2, 0.25) is 10.0 Å². The quantitative estimate of drug-likeness (QED) is 0.643. The molecule has 0 fully saturated rings. The molecule has 2 aromatic heterocycles. The van der Waals surface area contributed by atoms with Crippen molar-refractivity contribution in [2.75, 3.05) is 11.9 Å². The first-order chi connectivity index (χ1) is 12.1. The van der Waals surface area contributed by atoms with Gasteiger partial charge in [0.2, 0.25) is 0 Å². The van der Waals surface area contributed by atoms with E-state index in [1.54, 1.807) is 24.6 Å². The van der Waals surface area contributed by atoms with Crippen molar-refractivity contribution < 1.29 is 14.5 Å². The zero-order chi connectivity index (χ0) is 17.6. The molecule has 130 valence electrons. The second kappa shape index (κ2) is 8.49. The highest BCUT2D eigenvalue weighted by atomic mass is 35.5. The number of anilines is 1. The number of nitrogens with two attached hydrogens (primary N) is 1. The van der Waals surface area contributed by atoms with Crippen LogP contribution >= 0.6 is 34.5 Å². The number of nitrogens with one attached hydrogen (secondary N) is 1. The van der Waals surface area contributed by atoms with Gasteiger partial charge < -0.3 is 9.73 Å². The van der Waals surface area contributed by atoms with E-state index in [0.29, 0.717) is 34.7 Å². The highest BCUT2D eigenvalue weighted by Crippen LogP contribution is 2.29. The van der Waals surface area contributed by atoms with Gasteiger partial charge in [0, 0.05) is 27.5 Å². The predicted molar refractivity (Wildman–Crippen MR) is 99.2 cm³/mol. The Hall–Kier alpha value is -1.86. The van der Waals surface area contributed by atoms with Crippen LogP contribution in [0.1, 0.15) is 16.2 Å². The van der Waals surface area contributed by atoms with Gasteiger partial charge in [-0.2, -0.15) is 0 Å². The Bertz CT molecular complexity index is 829. The van der Waals surface area contributed by atoms with E-state index in [4.69, 9.17) is 27.6 Å². The van der Waals surface area contributed by atoms with Crippen LogP contribution in [0.25, 0.3) is 0 Å². The number of aromatic nitrogens is 1. The zero-order valence-corrected chi connectivity index (χ0v) is 15.5. The van der Waals surface area contributed by atoms with Crippen LogP contribution in [0.4, 0.5) is 5.13 Å². The lowest BCUT2D eigenvalue weighted by Crippen LogP contribution is -2.84. The smallest absolute Gasteiger partial charge is 0.281 e. The number of benzene rings is 1. The minimum Gasteiger partial charge on any atom is -0.463 e. The minimum absolute atomic E-state index is 0.108. The highest BCUT2D eigenvalue weighted by Gasteiger charge is 2.12. The van der Waals surface area contributed by atoms with Crippen molar-refractivity contribution in [3.05, 3.63) is 69.0 Å². The van der Waals surface area contributed by atoms with Crippen LogP contribution in [0.5, 0.6) is 0 Å². The summed E-state index contributed by atoms with van der Waals surface area (Å²) in [7, 11) is 0. The van der Waals surface area contributed by atoms with Gasteiger partial charge in [-0.1, -0.05) is 29.3 Å².